The first-order valence-corrected chi connectivity index (χ1v) is 5.26. The Balaban J connectivity index is 2.53. The Morgan fingerprint density at radius 2 is 1.94 bits per heavy atom. The number of likely N-dealkylation sites (N-methyl/N-ethyl adjacent to an activating group) is 1. The summed E-state index contributed by atoms with van der Waals surface area (Å²) in [6.45, 7) is 1.44. The van der Waals surface area contributed by atoms with Crippen LogP contribution in [-0.4, -0.2) is 30.3 Å². The predicted octanol–water partition coefficient (Wildman–Crippen LogP) is 1.25. The van der Waals surface area contributed by atoms with Gasteiger partial charge in [-0.1, -0.05) is 5.92 Å². The maximum absolute atomic E-state index is 12.6. The molecule has 0 saturated heterocycles. The molecule has 0 aromatic heterocycles. The van der Waals surface area contributed by atoms with Gasteiger partial charge in [0.1, 0.15) is 12.4 Å². The molecule has 0 radical (unpaired) electrons. The van der Waals surface area contributed by atoms with Crippen LogP contribution in [0.4, 0.5) is 10.1 Å². The van der Waals surface area contributed by atoms with Crippen LogP contribution >= 0.6 is 0 Å². The average Bonchev–Trinajstić information content (AvgIpc) is 2.32. The lowest BCUT2D eigenvalue weighted by atomic mass is 10.3. The standard InChI is InChI=1S/C13H13FN2O2/c1-3-4-13(18)16(2)9-12(17)15-11-7-5-10(14)6-8-11/h5-8H,9H2,1-2H3,(H,15,17). The molecule has 1 aromatic rings. The summed E-state index contributed by atoms with van der Waals surface area (Å²) in [5.41, 5.74) is 0.476. The van der Waals surface area contributed by atoms with Crippen LogP contribution in [0.5, 0.6) is 0 Å². The molecule has 0 bridgehead atoms. The van der Waals surface area contributed by atoms with E-state index in [0.29, 0.717) is 5.69 Å². The normalized spacial score (nSPS) is 9.06. The van der Waals surface area contributed by atoms with Crippen molar-refractivity contribution in [1.29, 1.82) is 0 Å². The summed E-state index contributed by atoms with van der Waals surface area (Å²) in [4.78, 5) is 24.1. The van der Waals surface area contributed by atoms with Crippen molar-refractivity contribution < 1.29 is 14.0 Å². The molecule has 1 aromatic carbocycles. The predicted molar refractivity (Wildman–Crippen MR) is 66.1 cm³/mol. The summed E-state index contributed by atoms with van der Waals surface area (Å²) < 4.78 is 12.6. The van der Waals surface area contributed by atoms with Crippen molar-refractivity contribution in [3.05, 3.63) is 30.1 Å². The molecular formula is C13H13FN2O2. The number of hydrogen-bond acceptors (Lipinski definition) is 2. The van der Waals surface area contributed by atoms with E-state index in [-0.39, 0.29) is 18.3 Å². The van der Waals surface area contributed by atoms with E-state index in [2.05, 4.69) is 17.2 Å². The van der Waals surface area contributed by atoms with Crippen LogP contribution in [0.1, 0.15) is 6.92 Å². The highest BCUT2D eigenvalue weighted by molar-refractivity contribution is 5.98. The summed E-state index contributed by atoms with van der Waals surface area (Å²) in [6, 6.07) is 5.38. The fraction of sp³-hybridized carbons (Fsp3) is 0.231. The molecule has 5 heteroatoms. The monoisotopic (exact) mass is 248 g/mol. The van der Waals surface area contributed by atoms with Gasteiger partial charge in [-0.3, -0.25) is 9.59 Å². The fourth-order valence-electron chi connectivity index (χ4n) is 1.22. The van der Waals surface area contributed by atoms with Gasteiger partial charge < -0.3 is 10.2 Å². The number of rotatable bonds is 3. The summed E-state index contributed by atoms with van der Waals surface area (Å²) in [6.07, 6.45) is 0. The molecule has 1 N–H and O–H groups in total. The van der Waals surface area contributed by atoms with Gasteiger partial charge in [-0.05, 0) is 37.1 Å². The average molecular weight is 248 g/mol. The van der Waals surface area contributed by atoms with Crippen LogP contribution in [0.3, 0.4) is 0 Å². The Kier molecular flexibility index (Phi) is 4.88. The Hall–Kier alpha value is -2.35. The fourth-order valence-corrected chi connectivity index (χ4v) is 1.22. The van der Waals surface area contributed by atoms with Crippen molar-refractivity contribution >= 4 is 17.5 Å². The topological polar surface area (TPSA) is 49.4 Å². The lowest BCUT2D eigenvalue weighted by Gasteiger charge is -2.13. The number of anilines is 1. The molecule has 0 aliphatic heterocycles. The first-order valence-electron chi connectivity index (χ1n) is 5.26. The van der Waals surface area contributed by atoms with Crippen LogP contribution in [0.25, 0.3) is 0 Å². The first kappa shape index (κ1) is 13.7. The molecule has 0 atom stereocenters. The zero-order valence-electron chi connectivity index (χ0n) is 10.2. The summed E-state index contributed by atoms with van der Waals surface area (Å²) in [7, 11) is 1.48. The Labute approximate surface area is 105 Å². The Bertz CT molecular complexity index is 500. The first-order chi connectivity index (χ1) is 8.52. The third kappa shape index (κ3) is 4.26. The van der Waals surface area contributed by atoms with Gasteiger partial charge in [0.15, 0.2) is 0 Å². The van der Waals surface area contributed by atoms with Crippen molar-refractivity contribution in [3.8, 4) is 11.8 Å². The highest BCUT2D eigenvalue weighted by Crippen LogP contribution is 2.07. The highest BCUT2D eigenvalue weighted by atomic mass is 19.1. The number of benzene rings is 1. The zero-order valence-corrected chi connectivity index (χ0v) is 10.2. The number of halogens is 1. The van der Waals surface area contributed by atoms with Gasteiger partial charge in [0.2, 0.25) is 5.91 Å². The number of nitrogens with zero attached hydrogens (tertiary/aromatic N) is 1. The second kappa shape index (κ2) is 6.40. The van der Waals surface area contributed by atoms with Gasteiger partial charge in [0.05, 0.1) is 0 Å². The molecular weight excluding hydrogens is 235 g/mol. The molecule has 0 unspecified atom stereocenters. The van der Waals surface area contributed by atoms with Gasteiger partial charge in [0, 0.05) is 12.7 Å². The van der Waals surface area contributed by atoms with E-state index in [0.717, 1.165) is 0 Å². The second-order valence-corrected chi connectivity index (χ2v) is 3.59. The van der Waals surface area contributed by atoms with E-state index in [1.54, 1.807) is 6.92 Å². The third-order valence-electron chi connectivity index (χ3n) is 2.09. The quantitative estimate of drug-likeness (QED) is 0.818. The minimum atomic E-state index is -0.424. The number of hydrogen-bond donors (Lipinski definition) is 1. The molecule has 2 amide bonds. The van der Waals surface area contributed by atoms with E-state index in [1.807, 2.05) is 0 Å². The van der Waals surface area contributed by atoms with E-state index in [1.165, 1.54) is 36.2 Å². The van der Waals surface area contributed by atoms with Gasteiger partial charge in [-0.25, -0.2) is 4.39 Å². The van der Waals surface area contributed by atoms with Crippen LogP contribution in [-0.2, 0) is 9.59 Å². The smallest absolute Gasteiger partial charge is 0.298 e. The largest absolute Gasteiger partial charge is 0.326 e. The molecule has 0 aliphatic carbocycles. The lowest BCUT2D eigenvalue weighted by molar-refractivity contribution is -0.128. The lowest BCUT2D eigenvalue weighted by Crippen LogP contribution is -2.34. The van der Waals surface area contributed by atoms with Crippen molar-refractivity contribution in [2.75, 3.05) is 18.9 Å². The van der Waals surface area contributed by atoms with Crippen LogP contribution in [0.15, 0.2) is 24.3 Å². The van der Waals surface area contributed by atoms with E-state index >= 15 is 0 Å². The number of carbonyl (C=O) groups excluding carboxylic acids is 2. The van der Waals surface area contributed by atoms with E-state index in [9.17, 15) is 14.0 Å². The molecule has 1 rings (SSSR count). The molecule has 4 nitrogen and oxygen atoms in total. The van der Waals surface area contributed by atoms with Gasteiger partial charge in [-0.15, -0.1) is 0 Å². The number of amides is 2. The summed E-state index contributed by atoms with van der Waals surface area (Å²) >= 11 is 0. The number of nitrogens with one attached hydrogen (secondary N) is 1. The van der Waals surface area contributed by atoms with Gasteiger partial charge >= 0.3 is 0 Å². The second-order valence-electron chi connectivity index (χ2n) is 3.59. The molecule has 0 heterocycles. The Morgan fingerprint density at radius 1 is 1.33 bits per heavy atom. The highest BCUT2D eigenvalue weighted by Gasteiger charge is 2.10. The van der Waals surface area contributed by atoms with Gasteiger partial charge in [0.25, 0.3) is 5.91 Å². The van der Waals surface area contributed by atoms with Crippen LogP contribution in [0, 0.1) is 17.7 Å². The minimum Gasteiger partial charge on any atom is -0.326 e. The zero-order chi connectivity index (χ0) is 13.5. The molecule has 18 heavy (non-hydrogen) atoms. The van der Waals surface area contributed by atoms with Crippen molar-refractivity contribution in [1.82, 2.24) is 4.90 Å². The summed E-state index contributed by atoms with van der Waals surface area (Å²) in [5.74, 6) is 3.63. The molecule has 0 aliphatic rings. The van der Waals surface area contributed by atoms with Crippen LogP contribution < -0.4 is 5.32 Å². The van der Waals surface area contributed by atoms with E-state index < -0.39 is 5.91 Å². The molecule has 94 valence electrons. The van der Waals surface area contributed by atoms with E-state index in [4.69, 9.17) is 0 Å². The Morgan fingerprint density at radius 3 is 2.50 bits per heavy atom. The molecule has 0 fully saturated rings. The van der Waals surface area contributed by atoms with Crippen molar-refractivity contribution in [2.45, 2.75) is 6.92 Å². The third-order valence-corrected chi connectivity index (χ3v) is 2.09. The maximum atomic E-state index is 12.6. The van der Waals surface area contributed by atoms with Crippen molar-refractivity contribution in [2.24, 2.45) is 0 Å². The molecule has 0 saturated carbocycles. The SMILES string of the molecule is CC#CC(=O)N(C)CC(=O)Nc1ccc(F)cc1. The van der Waals surface area contributed by atoms with Gasteiger partial charge in [-0.2, -0.15) is 0 Å². The molecule has 0 spiro atoms. The summed E-state index contributed by atoms with van der Waals surface area (Å²) in [5, 5.41) is 2.55. The van der Waals surface area contributed by atoms with Crippen molar-refractivity contribution in [3.63, 3.8) is 0 Å². The van der Waals surface area contributed by atoms with Crippen LogP contribution in [0.2, 0.25) is 0 Å². The minimum absolute atomic E-state index is 0.106. The maximum Gasteiger partial charge on any atom is 0.298 e. The number of carbonyl (C=O) groups is 2.